The number of carbonyl (C=O) groups excluding carboxylic acids is 3. The highest BCUT2D eigenvalue weighted by Gasteiger charge is 2.31. The van der Waals surface area contributed by atoms with Crippen molar-refractivity contribution in [3.63, 3.8) is 0 Å². The molecule has 0 saturated heterocycles. The number of allylic oxidation sites excluding steroid dienone is 1. The molecule has 1 amide bonds. The van der Waals surface area contributed by atoms with Crippen molar-refractivity contribution in [2.75, 3.05) is 14.1 Å². The average molecular weight is 286 g/mol. The number of nitrogens with zero attached hydrogens (tertiary/aromatic N) is 1. The van der Waals surface area contributed by atoms with E-state index in [9.17, 15) is 14.4 Å². The number of primary amides is 1. The number of rotatable bonds is 3. The highest BCUT2D eigenvalue weighted by atomic mass is 16.2. The minimum atomic E-state index is -0.515. The van der Waals surface area contributed by atoms with Crippen LogP contribution in [0.5, 0.6) is 0 Å². The van der Waals surface area contributed by atoms with Gasteiger partial charge in [0.2, 0.25) is 5.91 Å². The van der Waals surface area contributed by atoms with E-state index in [1.165, 1.54) is 0 Å². The number of benzene rings is 1. The maximum absolute atomic E-state index is 12.1. The van der Waals surface area contributed by atoms with Crippen LogP contribution in [-0.4, -0.2) is 36.5 Å². The van der Waals surface area contributed by atoms with E-state index in [4.69, 9.17) is 5.73 Å². The van der Waals surface area contributed by atoms with Gasteiger partial charge in [0.15, 0.2) is 11.6 Å². The fourth-order valence-electron chi connectivity index (χ4n) is 2.48. The quantitative estimate of drug-likeness (QED) is 0.670. The van der Waals surface area contributed by atoms with Gasteiger partial charge in [0.05, 0.1) is 5.57 Å². The molecule has 1 saturated carbocycles. The molecule has 5 nitrogen and oxygen atoms in total. The summed E-state index contributed by atoms with van der Waals surface area (Å²) in [4.78, 5) is 37.2. The first kappa shape index (κ1) is 15.0. The minimum Gasteiger partial charge on any atom is -0.383 e. The van der Waals surface area contributed by atoms with Crippen LogP contribution in [0.1, 0.15) is 34.7 Å². The molecule has 1 aromatic rings. The maximum Gasteiger partial charge on any atom is 0.248 e. The first-order valence-electron chi connectivity index (χ1n) is 6.73. The molecular formula is C16H18N2O3. The summed E-state index contributed by atoms with van der Waals surface area (Å²) in [6.07, 6.45) is 2.11. The fourth-order valence-corrected chi connectivity index (χ4v) is 2.48. The van der Waals surface area contributed by atoms with Gasteiger partial charge in [0, 0.05) is 38.7 Å². The van der Waals surface area contributed by atoms with Crippen molar-refractivity contribution in [2.24, 2.45) is 5.73 Å². The van der Waals surface area contributed by atoms with Crippen LogP contribution in [0.25, 0.3) is 0 Å². The molecule has 0 bridgehead atoms. The summed E-state index contributed by atoms with van der Waals surface area (Å²) < 4.78 is 0. The van der Waals surface area contributed by atoms with Crippen LogP contribution in [0.3, 0.4) is 0 Å². The highest BCUT2D eigenvalue weighted by Crippen LogP contribution is 2.31. The molecule has 1 aromatic carbocycles. The first-order valence-corrected chi connectivity index (χ1v) is 6.73. The van der Waals surface area contributed by atoms with Crippen molar-refractivity contribution in [2.45, 2.75) is 18.8 Å². The molecule has 1 aliphatic rings. The predicted molar refractivity (Wildman–Crippen MR) is 78.7 cm³/mol. The summed E-state index contributed by atoms with van der Waals surface area (Å²) >= 11 is 0. The standard InChI is InChI=1S/C16H18N2O3/c1-18(2)9-13-14(19)7-12(8-15(13)20)10-4-3-5-11(6-10)16(17)21/h3-6,9,12H,7-8H2,1-2H3,(H2,17,21). The van der Waals surface area contributed by atoms with Crippen LogP contribution >= 0.6 is 0 Å². The van der Waals surface area contributed by atoms with Gasteiger partial charge < -0.3 is 10.6 Å². The average Bonchev–Trinajstić information content (AvgIpc) is 2.42. The van der Waals surface area contributed by atoms with E-state index >= 15 is 0 Å². The van der Waals surface area contributed by atoms with Gasteiger partial charge in [0.1, 0.15) is 0 Å². The molecule has 0 spiro atoms. The number of amides is 1. The Bertz CT molecular complexity index is 612. The topological polar surface area (TPSA) is 80.5 Å². The third-order valence-corrected chi connectivity index (χ3v) is 3.49. The molecule has 2 N–H and O–H groups in total. The number of carbonyl (C=O) groups is 3. The van der Waals surface area contributed by atoms with E-state index in [1.54, 1.807) is 43.4 Å². The van der Waals surface area contributed by atoms with Crippen molar-refractivity contribution in [1.82, 2.24) is 4.90 Å². The van der Waals surface area contributed by atoms with Crippen molar-refractivity contribution < 1.29 is 14.4 Å². The van der Waals surface area contributed by atoms with Gasteiger partial charge in [-0.1, -0.05) is 12.1 Å². The molecular weight excluding hydrogens is 268 g/mol. The molecule has 0 aliphatic heterocycles. The zero-order valence-corrected chi connectivity index (χ0v) is 12.1. The Morgan fingerprint density at radius 3 is 2.38 bits per heavy atom. The lowest BCUT2D eigenvalue weighted by Crippen LogP contribution is -2.26. The number of hydrogen-bond donors (Lipinski definition) is 1. The third kappa shape index (κ3) is 3.37. The molecule has 2 rings (SSSR count). The number of nitrogens with two attached hydrogens (primary N) is 1. The van der Waals surface area contributed by atoms with Gasteiger partial charge in [-0.2, -0.15) is 0 Å². The summed E-state index contributed by atoms with van der Waals surface area (Å²) in [6, 6.07) is 6.82. The van der Waals surface area contributed by atoms with Crippen LogP contribution in [0, 0.1) is 0 Å². The molecule has 0 radical (unpaired) electrons. The fraction of sp³-hybridized carbons (Fsp3) is 0.312. The lowest BCUT2D eigenvalue weighted by Gasteiger charge is -2.23. The van der Waals surface area contributed by atoms with Crippen LogP contribution in [0.15, 0.2) is 36.0 Å². The van der Waals surface area contributed by atoms with Crippen LogP contribution in [0.2, 0.25) is 0 Å². The predicted octanol–water partition coefficient (Wildman–Crippen LogP) is 1.25. The Labute approximate surface area is 123 Å². The second kappa shape index (κ2) is 5.91. The second-order valence-corrected chi connectivity index (χ2v) is 5.45. The Morgan fingerprint density at radius 1 is 1.24 bits per heavy atom. The molecule has 110 valence electrons. The summed E-state index contributed by atoms with van der Waals surface area (Å²) in [5, 5.41) is 0. The van der Waals surface area contributed by atoms with Crippen molar-refractivity contribution in [3.05, 3.63) is 47.2 Å². The van der Waals surface area contributed by atoms with E-state index < -0.39 is 5.91 Å². The molecule has 0 unspecified atom stereocenters. The Balaban J connectivity index is 2.26. The van der Waals surface area contributed by atoms with Crippen molar-refractivity contribution >= 4 is 17.5 Å². The molecule has 1 fully saturated rings. The van der Waals surface area contributed by atoms with Gasteiger partial charge in [-0.3, -0.25) is 14.4 Å². The number of Topliss-reactive ketones (excluding diaryl/α,β-unsaturated/α-hetero) is 2. The lowest BCUT2D eigenvalue weighted by molar-refractivity contribution is -0.124. The van der Waals surface area contributed by atoms with E-state index in [0.717, 1.165) is 5.56 Å². The van der Waals surface area contributed by atoms with Crippen molar-refractivity contribution in [3.8, 4) is 0 Å². The Morgan fingerprint density at radius 2 is 1.86 bits per heavy atom. The zero-order chi connectivity index (χ0) is 15.6. The summed E-state index contributed by atoms with van der Waals surface area (Å²) in [5.74, 6) is -1.02. The second-order valence-electron chi connectivity index (χ2n) is 5.45. The smallest absolute Gasteiger partial charge is 0.248 e. The van der Waals surface area contributed by atoms with Gasteiger partial charge in [-0.15, -0.1) is 0 Å². The van der Waals surface area contributed by atoms with E-state index in [-0.39, 0.29) is 35.9 Å². The molecule has 0 aromatic heterocycles. The van der Waals surface area contributed by atoms with E-state index in [2.05, 4.69) is 0 Å². The molecule has 21 heavy (non-hydrogen) atoms. The largest absolute Gasteiger partial charge is 0.383 e. The van der Waals surface area contributed by atoms with E-state index in [0.29, 0.717) is 5.56 Å². The van der Waals surface area contributed by atoms with Gasteiger partial charge >= 0.3 is 0 Å². The first-order chi connectivity index (χ1) is 9.88. The molecule has 0 heterocycles. The minimum absolute atomic E-state index is 0.158. The van der Waals surface area contributed by atoms with E-state index in [1.807, 2.05) is 6.07 Å². The van der Waals surface area contributed by atoms with Crippen LogP contribution in [-0.2, 0) is 9.59 Å². The highest BCUT2D eigenvalue weighted by molar-refractivity contribution is 6.22. The van der Waals surface area contributed by atoms with Gasteiger partial charge in [0.25, 0.3) is 0 Å². The van der Waals surface area contributed by atoms with Crippen molar-refractivity contribution in [1.29, 1.82) is 0 Å². The SMILES string of the molecule is CN(C)C=C1C(=O)CC(c2cccc(C(N)=O)c2)CC1=O. The number of ketones is 2. The monoisotopic (exact) mass is 286 g/mol. The summed E-state index contributed by atoms with van der Waals surface area (Å²) in [6.45, 7) is 0. The summed E-state index contributed by atoms with van der Waals surface area (Å²) in [5.41, 5.74) is 6.70. The third-order valence-electron chi connectivity index (χ3n) is 3.49. The summed E-state index contributed by atoms with van der Waals surface area (Å²) in [7, 11) is 3.55. The van der Waals surface area contributed by atoms with Gasteiger partial charge in [-0.05, 0) is 23.6 Å². The molecule has 0 atom stereocenters. The Hall–Kier alpha value is -2.43. The molecule has 1 aliphatic carbocycles. The van der Waals surface area contributed by atoms with Gasteiger partial charge in [-0.25, -0.2) is 0 Å². The normalized spacial score (nSPS) is 18.6. The van der Waals surface area contributed by atoms with Crippen LogP contribution < -0.4 is 5.73 Å². The zero-order valence-electron chi connectivity index (χ0n) is 12.1. The lowest BCUT2D eigenvalue weighted by atomic mass is 9.80. The van der Waals surface area contributed by atoms with Crippen LogP contribution in [0.4, 0.5) is 0 Å². The molecule has 5 heteroatoms. The number of hydrogen-bond acceptors (Lipinski definition) is 4. The Kier molecular flexibility index (Phi) is 4.21. The maximum atomic E-state index is 12.1.